The fourth-order valence-electron chi connectivity index (χ4n) is 2.91. The van der Waals surface area contributed by atoms with Crippen LogP contribution in [-0.2, 0) is 11.2 Å². The third-order valence-corrected chi connectivity index (χ3v) is 3.91. The van der Waals surface area contributed by atoms with Crippen LogP contribution in [0.15, 0.2) is 24.3 Å². The smallest absolute Gasteiger partial charge is 0.307 e. The van der Waals surface area contributed by atoms with Crippen molar-refractivity contribution >= 4 is 11.7 Å². The predicted molar refractivity (Wildman–Crippen MR) is 69.9 cm³/mol. The summed E-state index contributed by atoms with van der Waals surface area (Å²) < 4.78 is 0. The lowest BCUT2D eigenvalue weighted by Gasteiger charge is -2.19. The first-order chi connectivity index (χ1) is 9.09. The van der Waals surface area contributed by atoms with Crippen LogP contribution in [0.4, 0.5) is 5.69 Å². The standard InChI is InChI=1S/C14H17NO4/c16-14(17)12(10-5-1-2-6-10)9-11-7-3-4-8-13(11)15(18)19/h3-4,7-8,10,12H,1-2,5-6,9H2,(H,16,17). The van der Waals surface area contributed by atoms with Crippen LogP contribution in [-0.4, -0.2) is 16.0 Å². The molecule has 1 saturated carbocycles. The summed E-state index contributed by atoms with van der Waals surface area (Å²) in [6.07, 6.45) is 4.20. The van der Waals surface area contributed by atoms with E-state index in [0.29, 0.717) is 5.56 Å². The van der Waals surface area contributed by atoms with E-state index in [1.165, 1.54) is 6.07 Å². The highest BCUT2D eigenvalue weighted by Crippen LogP contribution is 2.34. The number of aliphatic carboxylic acids is 1. The Hall–Kier alpha value is -1.91. The average molecular weight is 263 g/mol. The van der Waals surface area contributed by atoms with Crippen LogP contribution < -0.4 is 0 Å². The number of carbonyl (C=O) groups is 1. The van der Waals surface area contributed by atoms with E-state index >= 15 is 0 Å². The second-order valence-electron chi connectivity index (χ2n) is 5.08. The van der Waals surface area contributed by atoms with Gasteiger partial charge < -0.3 is 5.11 Å². The van der Waals surface area contributed by atoms with Crippen LogP contribution in [0.25, 0.3) is 0 Å². The van der Waals surface area contributed by atoms with E-state index in [4.69, 9.17) is 0 Å². The van der Waals surface area contributed by atoms with Crippen LogP contribution in [0.5, 0.6) is 0 Å². The van der Waals surface area contributed by atoms with Crippen LogP contribution in [0.3, 0.4) is 0 Å². The second kappa shape index (κ2) is 5.82. The Kier molecular flexibility index (Phi) is 4.14. The lowest BCUT2D eigenvalue weighted by atomic mass is 9.85. The summed E-state index contributed by atoms with van der Waals surface area (Å²) in [6, 6.07) is 6.41. The fourth-order valence-corrected chi connectivity index (χ4v) is 2.91. The number of hydrogen-bond donors (Lipinski definition) is 1. The molecule has 0 amide bonds. The zero-order valence-corrected chi connectivity index (χ0v) is 10.6. The summed E-state index contributed by atoms with van der Waals surface area (Å²) in [6.45, 7) is 0. The average Bonchev–Trinajstić information content (AvgIpc) is 2.89. The summed E-state index contributed by atoms with van der Waals surface area (Å²) in [5, 5.41) is 20.3. The van der Waals surface area contributed by atoms with E-state index in [1.54, 1.807) is 18.2 Å². The van der Waals surface area contributed by atoms with Gasteiger partial charge in [-0.1, -0.05) is 31.0 Å². The first-order valence-corrected chi connectivity index (χ1v) is 6.54. The Morgan fingerprint density at radius 1 is 1.37 bits per heavy atom. The largest absolute Gasteiger partial charge is 0.481 e. The summed E-state index contributed by atoms with van der Waals surface area (Å²) in [7, 11) is 0. The summed E-state index contributed by atoms with van der Waals surface area (Å²) in [4.78, 5) is 21.9. The number of nitro groups is 1. The van der Waals surface area contributed by atoms with E-state index in [0.717, 1.165) is 25.7 Å². The number of benzene rings is 1. The van der Waals surface area contributed by atoms with Gasteiger partial charge in [-0.2, -0.15) is 0 Å². The molecule has 5 heteroatoms. The molecule has 1 fully saturated rings. The minimum absolute atomic E-state index is 0.0201. The van der Waals surface area contributed by atoms with Crippen molar-refractivity contribution in [1.29, 1.82) is 0 Å². The molecule has 1 aliphatic carbocycles. The molecule has 2 rings (SSSR count). The van der Waals surface area contributed by atoms with Gasteiger partial charge in [0.2, 0.25) is 0 Å². The predicted octanol–water partition coefficient (Wildman–Crippen LogP) is 3.03. The SMILES string of the molecule is O=C(O)C(Cc1ccccc1[N+](=O)[O-])C1CCCC1. The Morgan fingerprint density at radius 3 is 2.58 bits per heavy atom. The number of nitro benzene ring substituents is 1. The van der Waals surface area contributed by atoms with Crippen molar-refractivity contribution in [2.75, 3.05) is 0 Å². The molecule has 0 spiro atoms. The highest BCUT2D eigenvalue weighted by molar-refractivity contribution is 5.71. The monoisotopic (exact) mass is 263 g/mol. The van der Waals surface area contributed by atoms with Gasteiger partial charge in [0.15, 0.2) is 0 Å². The number of hydrogen-bond acceptors (Lipinski definition) is 3. The van der Waals surface area contributed by atoms with Crippen molar-refractivity contribution in [2.24, 2.45) is 11.8 Å². The molecular formula is C14H17NO4. The van der Waals surface area contributed by atoms with Gasteiger partial charge >= 0.3 is 5.97 Å². The maximum Gasteiger partial charge on any atom is 0.307 e. The zero-order valence-electron chi connectivity index (χ0n) is 10.6. The third-order valence-electron chi connectivity index (χ3n) is 3.91. The van der Waals surface area contributed by atoms with Crippen molar-refractivity contribution in [1.82, 2.24) is 0 Å². The van der Waals surface area contributed by atoms with Gasteiger partial charge in [0.1, 0.15) is 0 Å². The maximum atomic E-state index is 11.4. The van der Waals surface area contributed by atoms with E-state index < -0.39 is 16.8 Å². The van der Waals surface area contributed by atoms with Crippen LogP contribution in [0.2, 0.25) is 0 Å². The minimum atomic E-state index is -0.843. The molecule has 0 saturated heterocycles. The Morgan fingerprint density at radius 2 is 2.00 bits per heavy atom. The van der Waals surface area contributed by atoms with E-state index in [9.17, 15) is 20.0 Å². The van der Waals surface area contributed by atoms with Crippen molar-refractivity contribution < 1.29 is 14.8 Å². The molecule has 5 nitrogen and oxygen atoms in total. The molecule has 102 valence electrons. The molecule has 1 aromatic rings. The lowest BCUT2D eigenvalue weighted by molar-refractivity contribution is -0.385. The van der Waals surface area contributed by atoms with Crippen molar-refractivity contribution in [2.45, 2.75) is 32.1 Å². The molecule has 1 N–H and O–H groups in total. The van der Waals surface area contributed by atoms with Crippen molar-refractivity contribution in [3.63, 3.8) is 0 Å². The van der Waals surface area contributed by atoms with Crippen molar-refractivity contribution in [3.05, 3.63) is 39.9 Å². The quantitative estimate of drug-likeness (QED) is 0.654. The molecule has 0 aliphatic heterocycles. The lowest BCUT2D eigenvalue weighted by Crippen LogP contribution is -2.24. The Bertz CT molecular complexity index is 480. The fraction of sp³-hybridized carbons (Fsp3) is 0.500. The molecular weight excluding hydrogens is 246 g/mol. The first kappa shape index (κ1) is 13.5. The van der Waals surface area contributed by atoms with E-state index in [2.05, 4.69) is 0 Å². The topological polar surface area (TPSA) is 80.4 Å². The molecule has 1 aromatic carbocycles. The van der Waals surface area contributed by atoms with Gasteiger partial charge in [-0.3, -0.25) is 14.9 Å². The van der Waals surface area contributed by atoms with Crippen molar-refractivity contribution in [3.8, 4) is 0 Å². The summed E-state index contributed by atoms with van der Waals surface area (Å²) in [5.41, 5.74) is 0.540. The molecule has 1 aliphatic rings. The first-order valence-electron chi connectivity index (χ1n) is 6.54. The Balaban J connectivity index is 2.21. The van der Waals surface area contributed by atoms with E-state index in [1.807, 2.05) is 0 Å². The number of para-hydroxylation sites is 1. The number of carboxylic acid groups (broad SMARTS) is 1. The molecule has 0 bridgehead atoms. The molecule has 0 radical (unpaired) electrons. The summed E-state index contributed by atoms with van der Waals surface area (Å²) in [5.74, 6) is -1.20. The van der Waals surface area contributed by atoms with E-state index in [-0.39, 0.29) is 18.0 Å². The van der Waals surface area contributed by atoms with Gasteiger partial charge in [0.05, 0.1) is 10.8 Å². The van der Waals surface area contributed by atoms with Crippen LogP contribution in [0, 0.1) is 22.0 Å². The molecule has 1 atom stereocenters. The van der Waals surface area contributed by atoms with Crippen LogP contribution in [0.1, 0.15) is 31.2 Å². The van der Waals surface area contributed by atoms with Gasteiger partial charge in [-0.15, -0.1) is 0 Å². The second-order valence-corrected chi connectivity index (χ2v) is 5.08. The molecule has 0 heterocycles. The maximum absolute atomic E-state index is 11.4. The number of carboxylic acids is 1. The van der Waals surface area contributed by atoms with Gasteiger partial charge in [0.25, 0.3) is 5.69 Å². The van der Waals surface area contributed by atoms with Crippen LogP contribution >= 0.6 is 0 Å². The normalized spacial score (nSPS) is 17.3. The highest BCUT2D eigenvalue weighted by atomic mass is 16.6. The highest BCUT2D eigenvalue weighted by Gasteiger charge is 2.32. The summed E-state index contributed by atoms with van der Waals surface area (Å²) >= 11 is 0. The molecule has 19 heavy (non-hydrogen) atoms. The minimum Gasteiger partial charge on any atom is -0.481 e. The number of rotatable bonds is 5. The van der Waals surface area contributed by atoms with Gasteiger partial charge in [-0.25, -0.2) is 0 Å². The third kappa shape index (κ3) is 3.10. The van der Waals surface area contributed by atoms with Gasteiger partial charge in [0, 0.05) is 11.6 Å². The molecule has 0 aromatic heterocycles. The Labute approximate surface area is 111 Å². The number of nitrogens with zero attached hydrogens (tertiary/aromatic N) is 1. The van der Waals surface area contributed by atoms with Gasteiger partial charge in [-0.05, 0) is 25.2 Å². The zero-order chi connectivity index (χ0) is 13.8. The molecule has 1 unspecified atom stereocenters.